The number of carbonyl (C=O) groups is 1. The van der Waals surface area contributed by atoms with Gasteiger partial charge in [-0.25, -0.2) is 4.39 Å². The van der Waals surface area contributed by atoms with Crippen LogP contribution in [0.5, 0.6) is 0 Å². The predicted octanol–water partition coefficient (Wildman–Crippen LogP) is 3.42. The average Bonchev–Trinajstić information content (AvgIpc) is 2.91. The molecule has 1 heterocycles. The van der Waals surface area contributed by atoms with E-state index in [0.717, 1.165) is 25.8 Å². The van der Waals surface area contributed by atoms with Crippen molar-refractivity contribution in [3.05, 3.63) is 30.1 Å². The van der Waals surface area contributed by atoms with Crippen molar-refractivity contribution in [2.24, 2.45) is 0 Å². The van der Waals surface area contributed by atoms with E-state index in [-0.39, 0.29) is 23.3 Å². The molecule has 1 saturated heterocycles. The van der Waals surface area contributed by atoms with E-state index in [9.17, 15) is 9.18 Å². The Hall–Kier alpha value is -1.42. The van der Waals surface area contributed by atoms with Crippen LogP contribution < -0.4 is 5.32 Å². The van der Waals surface area contributed by atoms with E-state index in [1.54, 1.807) is 12.1 Å². The van der Waals surface area contributed by atoms with Gasteiger partial charge in [-0.2, -0.15) is 0 Å². The van der Waals surface area contributed by atoms with Gasteiger partial charge in [0.05, 0.1) is 6.04 Å². The Kier molecular flexibility index (Phi) is 4.43. The summed E-state index contributed by atoms with van der Waals surface area (Å²) in [5, 5.41) is 2.89. The minimum atomic E-state index is -0.294. The topological polar surface area (TPSA) is 32.3 Å². The highest BCUT2D eigenvalue weighted by Gasteiger charge is 2.38. The molecule has 1 amide bonds. The van der Waals surface area contributed by atoms with Gasteiger partial charge >= 0.3 is 0 Å². The summed E-state index contributed by atoms with van der Waals surface area (Å²) in [5.74, 6) is -0.284. The van der Waals surface area contributed by atoms with Crippen molar-refractivity contribution in [1.82, 2.24) is 4.90 Å². The highest BCUT2D eigenvalue weighted by Crippen LogP contribution is 2.29. The number of hydrogen-bond donors (Lipinski definition) is 1. The average molecular weight is 278 g/mol. The Balaban J connectivity index is 2.06. The zero-order valence-corrected chi connectivity index (χ0v) is 12.4. The summed E-state index contributed by atoms with van der Waals surface area (Å²) in [6.07, 6.45) is 2.94. The minimum absolute atomic E-state index is 0.00985. The lowest BCUT2D eigenvalue weighted by molar-refractivity contribution is -0.122. The Morgan fingerprint density at radius 2 is 2.05 bits per heavy atom. The third-order valence-electron chi connectivity index (χ3n) is 4.31. The van der Waals surface area contributed by atoms with Crippen molar-refractivity contribution in [2.75, 3.05) is 11.9 Å². The molecule has 0 aromatic heterocycles. The zero-order valence-electron chi connectivity index (χ0n) is 12.4. The summed E-state index contributed by atoms with van der Waals surface area (Å²) >= 11 is 0. The lowest BCUT2D eigenvalue weighted by atomic mass is 9.98. The number of benzene rings is 1. The van der Waals surface area contributed by atoms with Gasteiger partial charge in [0.2, 0.25) is 5.91 Å². The van der Waals surface area contributed by atoms with E-state index in [1.807, 2.05) is 0 Å². The van der Waals surface area contributed by atoms with Gasteiger partial charge in [0.1, 0.15) is 5.82 Å². The lowest BCUT2D eigenvalue weighted by Gasteiger charge is -2.38. The maximum Gasteiger partial charge on any atom is 0.241 e. The van der Waals surface area contributed by atoms with E-state index in [0.29, 0.717) is 5.69 Å². The summed E-state index contributed by atoms with van der Waals surface area (Å²) in [6, 6.07) is 5.82. The van der Waals surface area contributed by atoms with E-state index >= 15 is 0 Å². The SMILES string of the molecule is CCC(C)(C)N1CCCC1C(=O)Nc1ccc(F)cc1. The van der Waals surface area contributed by atoms with Crippen molar-refractivity contribution in [1.29, 1.82) is 0 Å². The molecule has 1 aromatic carbocycles. The molecule has 110 valence electrons. The summed E-state index contributed by atoms with van der Waals surface area (Å²) in [7, 11) is 0. The van der Waals surface area contributed by atoms with Crippen molar-refractivity contribution >= 4 is 11.6 Å². The molecule has 4 heteroatoms. The molecule has 1 aliphatic heterocycles. The van der Waals surface area contributed by atoms with Crippen LogP contribution in [-0.2, 0) is 4.79 Å². The molecule has 0 spiro atoms. The number of nitrogens with zero attached hydrogens (tertiary/aromatic N) is 1. The number of likely N-dealkylation sites (tertiary alicyclic amines) is 1. The maximum absolute atomic E-state index is 12.9. The van der Waals surface area contributed by atoms with Crippen LogP contribution in [0.3, 0.4) is 0 Å². The first kappa shape index (κ1) is 15.0. The molecule has 0 aliphatic carbocycles. The normalized spacial score (nSPS) is 20.1. The van der Waals surface area contributed by atoms with Crippen molar-refractivity contribution in [3.63, 3.8) is 0 Å². The minimum Gasteiger partial charge on any atom is -0.325 e. The van der Waals surface area contributed by atoms with Gasteiger partial charge in [0, 0.05) is 11.2 Å². The molecule has 1 unspecified atom stereocenters. The molecular formula is C16H23FN2O. The van der Waals surface area contributed by atoms with E-state index in [4.69, 9.17) is 0 Å². The second-order valence-corrected chi connectivity index (χ2v) is 6.01. The third-order valence-corrected chi connectivity index (χ3v) is 4.31. The molecule has 0 saturated carbocycles. The molecule has 1 aromatic rings. The highest BCUT2D eigenvalue weighted by molar-refractivity contribution is 5.95. The quantitative estimate of drug-likeness (QED) is 0.915. The molecular weight excluding hydrogens is 255 g/mol. The van der Waals surface area contributed by atoms with E-state index < -0.39 is 0 Å². The number of anilines is 1. The molecule has 0 radical (unpaired) electrons. The van der Waals surface area contributed by atoms with Crippen LogP contribution in [0.2, 0.25) is 0 Å². The van der Waals surface area contributed by atoms with Gasteiger partial charge in [0.25, 0.3) is 0 Å². The molecule has 1 N–H and O–H groups in total. The number of carbonyl (C=O) groups excluding carboxylic acids is 1. The molecule has 2 rings (SSSR count). The van der Waals surface area contributed by atoms with Crippen molar-refractivity contribution < 1.29 is 9.18 Å². The van der Waals surface area contributed by atoms with Crippen LogP contribution in [0.4, 0.5) is 10.1 Å². The molecule has 3 nitrogen and oxygen atoms in total. The van der Waals surface area contributed by atoms with Gasteiger partial charge < -0.3 is 5.32 Å². The first-order chi connectivity index (χ1) is 9.44. The van der Waals surface area contributed by atoms with Crippen LogP contribution >= 0.6 is 0 Å². The van der Waals surface area contributed by atoms with Crippen LogP contribution in [0.1, 0.15) is 40.0 Å². The number of amides is 1. The monoisotopic (exact) mass is 278 g/mol. The number of nitrogens with one attached hydrogen (secondary N) is 1. The first-order valence-electron chi connectivity index (χ1n) is 7.27. The van der Waals surface area contributed by atoms with E-state index in [1.165, 1.54) is 12.1 Å². The van der Waals surface area contributed by atoms with Gasteiger partial charge in [0.15, 0.2) is 0 Å². The van der Waals surface area contributed by atoms with Gasteiger partial charge in [-0.05, 0) is 63.9 Å². The van der Waals surface area contributed by atoms with Crippen LogP contribution in [-0.4, -0.2) is 28.9 Å². The van der Waals surface area contributed by atoms with Gasteiger partial charge in [-0.1, -0.05) is 6.92 Å². The van der Waals surface area contributed by atoms with Crippen molar-refractivity contribution in [2.45, 2.75) is 51.6 Å². The fourth-order valence-electron chi connectivity index (χ4n) is 2.73. The van der Waals surface area contributed by atoms with Crippen molar-refractivity contribution in [3.8, 4) is 0 Å². The Morgan fingerprint density at radius 3 is 2.65 bits per heavy atom. The smallest absolute Gasteiger partial charge is 0.241 e. The maximum atomic E-state index is 12.9. The lowest BCUT2D eigenvalue weighted by Crippen LogP contribution is -2.50. The van der Waals surface area contributed by atoms with E-state index in [2.05, 4.69) is 31.0 Å². The third kappa shape index (κ3) is 3.18. The molecule has 1 aliphatic rings. The highest BCUT2D eigenvalue weighted by atomic mass is 19.1. The zero-order chi connectivity index (χ0) is 14.8. The second kappa shape index (κ2) is 5.92. The number of hydrogen-bond acceptors (Lipinski definition) is 2. The fraction of sp³-hybridized carbons (Fsp3) is 0.562. The molecule has 0 bridgehead atoms. The number of halogens is 1. The molecule has 1 fully saturated rings. The predicted molar refractivity (Wildman–Crippen MR) is 79.1 cm³/mol. The summed E-state index contributed by atoms with van der Waals surface area (Å²) in [5.41, 5.74) is 0.680. The van der Waals surface area contributed by atoms with Gasteiger partial charge in [-0.3, -0.25) is 9.69 Å². The van der Waals surface area contributed by atoms with Crippen LogP contribution in [0.15, 0.2) is 24.3 Å². The fourth-order valence-corrected chi connectivity index (χ4v) is 2.73. The Labute approximate surface area is 120 Å². The first-order valence-corrected chi connectivity index (χ1v) is 7.27. The summed E-state index contributed by atoms with van der Waals surface area (Å²) < 4.78 is 12.9. The second-order valence-electron chi connectivity index (χ2n) is 6.01. The summed E-state index contributed by atoms with van der Waals surface area (Å²) in [6.45, 7) is 7.46. The van der Waals surface area contributed by atoms with Crippen LogP contribution in [0.25, 0.3) is 0 Å². The molecule has 1 atom stereocenters. The largest absolute Gasteiger partial charge is 0.325 e. The Bertz CT molecular complexity index is 470. The Morgan fingerprint density at radius 1 is 1.40 bits per heavy atom. The van der Waals surface area contributed by atoms with Crippen LogP contribution in [0, 0.1) is 5.82 Å². The molecule has 20 heavy (non-hydrogen) atoms. The standard InChI is InChI=1S/C16H23FN2O/c1-4-16(2,3)19-11-5-6-14(19)15(20)18-13-9-7-12(17)8-10-13/h7-10,14H,4-6,11H2,1-3H3,(H,18,20). The summed E-state index contributed by atoms with van der Waals surface area (Å²) in [4.78, 5) is 14.7. The number of rotatable bonds is 4. The van der Waals surface area contributed by atoms with Gasteiger partial charge in [-0.15, -0.1) is 0 Å².